The first kappa shape index (κ1) is 23.8. The minimum Gasteiger partial charge on any atom is -0.342 e. The topological polar surface area (TPSA) is 77.6 Å². The Morgan fingerprint density at radius 2 is 1.81 bits per heavy atom. The second-order valence-corrected chi connectivity index (χ2v) is 11.8. The van der Waals surface area contributed by atoms with Crippen LogP contribution in [0.2, 0.25) is 0 Å². The second kappa shape index (κ2) is 11.7. The maximum absolute atomic E-state index is 13.4. The van der Waals surface area contributed by atoms with Crippen LogP contribution in [0.15, 0.2) is 10.4 Å². The van der Waals surface area contributed by atoms with E-state index >= 15 is 0 Å². The highest BCUT2D eigenvalue weighted by molar-refractivity contribution is 8.01. The molecule has 3 aliphatic rings. The maximum Gasteiger partial charge on any atom is 0.324 e. The van der Waals surface area contributed by atoms with Gasteiger partial charge in [-0.1, -0.05) is 18.3 Å². The summed E-state index contributed by atoms with van der Waals surface area (Å²) in [5.41, 5.74) is 0. The van der Waals surface area contributed by atoms with Gasteiger partial charge in [-0.2, -0.15) is 0 Å². The van der Waals surface area contributed by atoms with Gasteiger partial charge in [0, 0.05) is 25.2 Å². The zero-order chi connectivity index (χ0) is 22.3. The molecule has 2 N–H and O–H groups in total. The van der Waals surface area contributed by atoms with Crippen molar-refractivity contribution in [1.29, 1.82) is 0 Å². The number of hydrogen-bond donors (Lipinski definition) is 2. The van der Waals surface area contributed by atoms with Crippen molar-refractivity contribution in [3.05, 3.63) is 6.20 Å². The third-order valence-corrected chi connectivity index (χ3v) is 9.15. The molecule has 2 saturated heterocycles. The number of likely N-dealkylation sites (tertiary alicyclic amines) is 1. The van der Waals surface area contributed by atoms with Gasteiger partial charge in [0.15, 0.2) is 5.13 Å². The Bertz CT molecular complexity index is 753. The number of anilines is 1. The zero-order valence-corrected chi connectivity index (χ0v) is 20.8. The van der Waals surface area contributed by atoms with Crippen molar-refractivity contribution < 1.29 is 9.59 Å². The Labute approximate surface area is 200 Å². The number of carbonyl (C=O) groups is 2. The summed E-state index contributed by atoms with van der Waals surface area (Å²) in [5, 5.41) is 7.13. The lowest BCUT2D eigenvalue weighted by Gasteiger charge is -2.42. The van der Waals surface area contributed by atoms with Crippen LogP contribution in [-0.4, -0.2) is 70.7 Å². The van der Waals surface area contributed by atoms with Gasteiger partial charge in [0.1, 0.15) is 0 Å². The molecule has 0 bridgehead atoms. The number of rotatable bonds is 6. The summed E-state index contributed by atoms with van der Waals surface area (Å²) in [6.07, 6.45) is 11.8. The van der Waals surface area contributed by atoms with Gasteiger partial charge in [-0.3, -0.25) is 10.1 Å². The molecule has 1 aromatic heterocycles. The second-order valence-electron chi connectivity index (χ2n) is 9.45. The van der Waals surface area contributed by atoms with Gasteiger partial charge in [-0.15, -0.1) is 11.8 Å². The molecule has 3 amide bonds. The predicted octanol–water partition coefficient (Wildman–Crippen LogP) is 4.41. The van der Waals surface area contributed by atoms with Crippen LogP contribution in [0.1, 0.15) is 64.7 Å². The molecule has 2 aliphatic heterocycles. The summed E-state index contributed by atoms with van der Waals surface area (Å²) < 4.78 is 0.977. The molecule has 9 heteroatoms. The van der Waals surface area contributed by atoms with Crippen molar-refractivity contribution >= 4 is 40.2 Å². The zero-order valence-electron chi connectivity index (χ0n) is 19.2. The van der Waals surface area contributed by atoms with E-state index in [1.54, 1.807) is 6.20 Å². The number of thioether (sulfide) groups is 1. The van der Waals surface area contributed by atoms with E-state index < -0.39 is 0 Å². The third kappa shape index (κ3) is 6.38. The van der Waals surface area contributed by atoms with Crippen molar-refractivity contribution in [3.63, 3.8) is 0 Å². The Kier molecular flexibility index (Phi) is 8.71. The van der Waals surface area contributed by atoms with Gasteiger partial charge in [-0.05, 0) is 76.8 Å². The Morgan fingerprint density at radius 3 is 2.53 bits per heavy atom. The lowest BCUT2D eigenvalue weighted by atomic mass is 9.85. The number of carbonyl (C=O) groups excluding carboxylic acids is 2. The van der Waals surface area contributed by atoms with Crippen molar-refractivity contribution in [2.75, 3.05) is 37.2 Å². The van der Waals surface area contributed by atoms with Gasteiger partial charge in [0.25, 0.3) is 0 Å². The normalized spacial score (nSPS) is 24.8. The van der Waals surface area contributed by atoms with Gasteiger partial charge >= 0.3 is 6.03 Å². The standard InChI is InChI=1S/C23H37N5O2S2/c1-17-5-7-18(8-6-17)28(19-9-11-24-12-10-19)23(30)26-22-25-15-21(32-22)31-16-20(29)27-13-3-2-4-14-27/h15,17-19,24H,2-14,16H2,1H3,(H,25,26,30). The highest BCUT2D eigenvalue weighted by Gasteiger charge is 2.34. The Hall–Kier alpha value is -1.32. The maximum atomic E-state index is 13.4. The van der Waals surface area contributed by atoms with Gasteiger partial charge in [0.05, 0.1) is 16.2 Å². The fraction of sp³-hybridized carbons (Fsp3) is 0.783. The summed E-state index contributed by atoms with van der Waals surface area (Å²) >= 11 is 3.00. The molecule has 0 radical (unpaired) electrons. The van der Waals surface area contributed by atoms with E-state index in [1.807, 2.05) is 4.90 Å². The Balaban J connectivity index is 1.33. The van der Waals surface area contributed by atoms with Crippen LogP contribution in [0.3, 0.4) is 0 Å². The number of amides is 3. The van der Waals surface area contributed by atoms with Crippen LogP contribution in [0.25, 0.3) is 0 Å². The van der Waals surface area contributed by atoms with Gasteiger partial charge in [-0.25, -0.2) is 9.78 Å². The highest BCUT2D eigenvalue weighted by atomic mass is 32.2. The summed E-state index contributed by atoms with van der Waals surface area (Å²) in [5.74, 6) is 1.41. The number of hydrogen-bond acceptors (Lipinski definition) is 6. The van der Waals surface area contributed by atoms with E-state index in [1.165, 1.54) is 42.4 Å². The van der Waals surface area contributed by atoms with Crippen molar-refractivity contribution in [2.45, 2.75) is 81.0 Å². The summed E-state index contributed by atoms with van der Waals surface area (Å²) in [6, 6.07) is 0.614. The minimum absolute atomic E-state index is 0.00764. The summed E-state index contributed by atoms with van der Waals surface area (Å²) in [6.45, 7) is 6.03. The molecular formula is C23H37N5O2S2. The molecule has 178 valence electrons. The van der Waals surface area contributed by atoms with Gasteiger partial charge in [0.2, 0.25) is 5.91 Å². The van der Waals surface area contributed by atoms with E-state index in [2.05, 4.69) is 27.4 Å². The molecule has 0 spiro atoms. The molecule has 3 fully saturated rings. The minimum atomic E-state index is -0.00764. The van der Waals surface area contributed by atoms with Crippen molar-refractivity contribution in [2.24, 2.45) is 5.92 Å². The molecule has 1 aromatic rings. The van der Waals surface area contributed by atoms with Crippen LogP contribution in [0.5, 0.6) is 0 Å². The van der Waals surface area contributed by atoms with E-state index in [4.69, 9.17) is 0 Å². The highest BCUT2D eigenvalue weighted by Crippen LogP contribution is 2.32. The molecule has 1 aliphatic carbocycles. The van der Waals surface area contributed by atoms with Crippen molar-refractivity contribution in [1.82, 2.24) is 20.1 Å². The van der Waals surface area contributed by atoms with Gasteiger partial charge < -0.3 is 15.1 Å². The molecule has 3 heterocycles. The van der Waals surface area contributed by atoms with Crippen LogP contribution < -0.4 is 10.6 Å². The van der Waals surface area contributed by atoms with E-state index in [0.29, 0.717) is 23.0 Å². The molecule has 7 nitrogen and oxygen atoms in total. The average Bonchev–Trinajstić information content (AvgIpc) is 3.27. The number of urea groups is 1. The molecule has 0 aromatic carbocycles. The van der Waals surface area contributed by atoms with Crippen LogP contribution in [-0.2, 0) is 4.79 Å². The molecule has 4 rings (SSSR count). The Morgan fingerprint density at radius 1 is 1.12 bits per heavy atom. The lowest BCUT2D eigenvalue weighted by Crippen LogP contribution is -2.53. The number of nitrogens with zero attached hydrogens (tertiary/aromatic N) is 3. The van der Waals surface area contributed by atoms with Crippen molar-refractivity contribution in [3.8, 4) is 0 Å². The monoisotopic (exact) mass is 479 g/mol. The van der Waals surface area contributed by atoms with Crippen LogP contribution >= 0.6 is 23.1 Å². The number of thiazole rings is 1. The quantitative estimate of drug-likeness (QED) is 0.591. The lowest BCUT2D eigenvalue weighted by molar-refractivity contribution is -0.129. The van der Waals surface area contributed by atoms with Crippen LogP contribution in [0, 0.1) is 5.92 Å². The first-order valence-corrected chi connectivity index (χ1v) is 14.1. The van der Waals surface area contributed by atoms with E-state index in [-0.39, 0.29) is 11.9 Å². The SMILES string of the molecule is CC1CCC(N(C(=O)Nc2ncc(SCC(=O)N3CCCCC3)s2)C2CCNCC2)CC1. The predicted molar refractivity (Wildman–Crippen MR) is 131 cm³/mol. The fourth-order valence-corrected chi connectivity index (χ4v) is 6.91. The average molecular weight is 480 g/mol. The molecule has 0 atom stereocenters. The molecular weight excluding hydrogens is 442 g/mol. The first-order valence-electron chi connectivity index (χ1n) is 12.3. The first-order chi connectivity index (χ1) is 15.6. The summed E-state index contributed by atoms with van der Waals surface area (Å²) in [4.78, 5) is 34.3. The third-order valence-electron chi connectivity index (χ3n) is 7.06. The smallest absolute Gasteiger partial charge is 0.324 e. The largest absolute Gasteiger partial charge is 0.342 e. The summed E-state index contributed by atoms with van der Waals surface area (Å²) in [7, 11) is 0. The molecule has 32 heavy (non-hydrogen) atoms. The molecule has 1 saturated carbocycles. The van der Waals surface area contributed by atoms with Crippen LogP contribution in [0.4, 0.5) is 9.93 Å². The molecule has 0 unspecified atom stereocenters. The van der Waals surface area contributed by atoms with E-state index in [0.717, 1.165) is 74.8 Å². The number of nitrogens with one attached hydrogen (secondary N) is 2. The fourth-order valence-electron chi connectivity index (χ4n) is 5.14. The van der Waals surface area contributed by atoms with E-state index in [9.17, 15) is 9.59 Å². The number of aromatic nitrogens is 1. The number of piperidine rings is 2.